The van der Waals surface area contributed by atoms with Gasteiger partial charge in [-0.25, -0.2) is 4.68 Å². The first-order valence-electron chi connectivity index (χ1n) is 7.53. The number of nitrogens with zero attached hydrogens (tertiary/aromatic N) is 5. The zero-order valence-electron chi connectivity index (χ0n) is 12.9. The molecule has 2 aromatic heterocycles. The second-order valence-corrected chi connectivity index (χ2v) is 5.75. The highest BCUT2D eigenvalue weighted by molar-refractivity contribution is 9.10. The van der Waals surface area contributed by atoms with E-state index in [9.17, 15) is 0 Å². The molecule has 116 valence electrons. The van der Waals surface area contributed by atoms with Crippen LogP contribution in [-0.4, -0.2) is 31.3 Å². The molecule has 2 rings (SSSR count). The van der Waals surface area contributed by atoms with E-state index in [2.05, 4.69) is 57.4 Å². The molecule has 0 radical (unpaired) electrons. The fraction of sp³-hybridized carbons (Fsp3) is 0.643. The van der Waals surface area contributed by atoms with Crippen LogP contribution in [0.15, 0.2) is 10.7 Å². The summed E-state index contributed by atoms with van der Waals surface area (Å²) in [5, 5.41) is 16.3. The molecule has 1 N–H and O–H groups in total. The number of rotatable bonds is 8. The van der Waals surface area contributed by atoms with Gasteiger partial charge in [0.15, 0.2) is 0 Å². The average molecular weight is 355 g/mol. The van der Waals surface area contributed by atoms with Gasteiger partial charge in [0.2, 0.25) is 0 Å². The Morgan fingerprint density at radius 1 is 1.29 bits per heavy atom. The molecule has 2 heterocycles. The highest BCUT2D eigenvalue weighted by Crippen LogP contribution is 2.23. The Bertz CT molecular complexity index is 574. The first-order valence-corrected chi connectivity index (χ1v) is 8.32. The summed E-state index contributed by atoms with van der Waals surface area (Å²) in [6, 6.07) is 0. The van der Waals surface area contributed by atoms with Gasteiger partial charge in [-0.05, 0) is 42.2 Å². The molecule has 0 spiro atoms. The molecule has 7 heteroatoms. The minimum absolute atomic E-state index is 0.683. The van der Waals surface area contributed by atoms with Gasteiger partial charge in [0, 0.05) is 13.1 Å². The van der Waals surface area contributed by atoms with E-state index in [0.29, 0.717) is 6.54 Å². The van der Waals surface area contributed by atoms with Crippen LogP contribution >= 0.6 is 15.9 Å². The van der Waals surface area contributed by atoms with Crippen molar-refractivity contribution in [1.82, 2.24) is 30.1 Å². The summed E-state index contributed by atoms with van der Waals surface area (Å²) in [4.78, 5) is 0. The summed E-state index contributed by atoms with van der Waals surface area (Å²) in [6.07, 6.45) is 4.04. The van der Waals surface area contributed by atoms with Crippen molar-refractivity contribution in [2.75, 3.05) is 6.54 Å². The summed E-state index contributed by atoms with van der Waals surface area (Å²) in [5.41, 5.74) is 3.21. The van der Waals surface area contributed by atoms with Crippen LogP contribution in [0.4, 0.5) is 0 Å². The molecule has 6 nitrogen and oxygen atoms in total. The van der Waals surface area contributed by atoms with E-state index in [0.717, 1.165) is 54.0 Å². The van der Waals surface area contributed by atoms with E-state index < -0.39 is 0 Å². The van der Waals surface area contributed by atoms with Gasteiger partial charge in [0.05, 0.1) is 34.3 Å². The largest absolute Gasteiger partial charge is 0.311 e. The maximum atomic E-state index is 4.61. The standard InChI is InChI=1S/C14H23BrN6/c1-4-7-16-8-11-9-20(19-17-11)10-13-14(15)12(5-2)18-21(13)6-3/h9,16H,4-8,10H2,1-3H3. The molecule has 0 aliphatic heterocycles. The summed E-state index contributed by atoms with van der Waals surface area (Å²) in [7, 11) is 0. The number of halogens is 1. The predicted molar refractivity (Wildman–Crippen MR) is 86.1 cm³/mol. The number of aryl methyl sites for hydroxylation is 2. The zero-order chi connectivity index (χ0) is 15.2. The Morgan fingerprint density at radius 2 is 2.10 bits per heavy atom. The van der Waals surface area contributed by atoms with Gasteiger partial charge in [0.1, 0.15) is 0 Å². The van der Waals surface area contributed by atoms with Gasteiger partial charge in [-0.1, -0.05) is 19.1 Å². The third-order valence-electron chi connectivity index (χ3n) is 3.32. The average Bonchev–Trinajstić information content (AvgIpc) is 3.05. The van der Waals surface area contributed by atoms with Crippen LogP contribution in [0.3, 0.4) is 0 Å². The molecule has 0 atom stereocenters. The van der Waals surface area contributed by atoms with Crippen LogP contribution < -0.4 is 5.32 Å². The minimum atomic E-state index is 0.683. The first kappa shape index (κ1) is 16.2. The van der Waals surface area contributed by atoms with Crippen LogP contribution in [0.25, 0.3) is 0 Å². The van der Waals surface area contributed by atoms with Crippen LogP contribution in [0.1, 0.15) is 44.3 Å². The van der Waals surface area contributed by atoms with E-state index in [1.54, 1.807) is 0 Å². The Morgan fingerprint density at radius 3 is 2.76 bits per heavy atom. The topological polar surface area (TPSA) is 60.6 Å². The van der Waals surface area contributed by atoms with Gasteiger partial charge in [0.25, 0.3) is 0 Å². The molecular weight excluding hydrogens is 332 g/mol. The highest BCUT2D eigenvalue weighted by atomic mass is 79.9. The van der Waals surface area contributed by atoms with Crippen molar-refractivity contribution in [2.45, 2.75) is 53.2 Å². The van der Waals surface area contributed by atoms with Crippen molar-refractivity contribution in [3.8, 4) is 0 Å². The monoisotopic (exact) mass is 354 g/mol. The second kappa shape index (κ2) is 7.70. The Labute approximate surface area is 134 Å². The molecular formula is C14H23BrN6. The van der Waals surface area contributed by atoms with Gasteiger partial charge >= 0.3 is 0 Å². The van der Waals surface area contributed by atoms with Crippen LogP contribution in [0.5, 0.6) is 0 Å². The molecule has 21 heavy (non-hydrogen) atoms. The Hall–Kier alpha value is -1.21. The molecule has 2 aromatic rings. The summed E-state index contributed by atoms with van der Waals surface area (Å²) >= 11 is 3.66. The maximum absolute atomic E-state index is 4.61. The highest BCUT2D eigenvalue weighted by Gasteiger charge is 2.14. The number of nitrogens with one attached hydrogen (secondary N) is 1. The smallest absolute Gasteiger partial charge is 0.0964 e. The fourth-order valence-electron chi connectivity index (χ4n) is 2.21. The SMILES string of the molecule is CCCNCc1cn(Cc2c(Br)c(CC)nn2CC)nn1. The van der Waals surface area contributed by atoms with Gasteiger partial charge in [-0.15, -0.1) is 5.10 Å². The summed E-state index contributed by atoms with van der Waals surface area (Å²) in [5.74, 6) is 0. The number of hydrogen-bond acceptors (Lipinski definition) is 4. The quantitative estimate of drug-likeness (QED) is 0.739. The van der Waals surface area contributed by atoms with Crippen LogP contribution in [-0.2, 0) is 26.1 Å². The molecule has 0 aromatic carbocycles. The van der Waals surface area contributed by atoms with E-state index in [-0.39, 0.29) is 0 Å². The van der Waals surface area contributed by atoms with E-state index >= 15 is 0 Å². The van der Waals surface area contributed by atoms with Crippen molar-refractivity contribution in [3.05, 3.63) is 27.8 Å². The lowest BCUT2D eigenvalue weighted by Crippen LogP contribution is -2.14. The fourth-order valence-corrected chi connectivity index (χ4v) is 2.90. The molecule has 0 aliphatic carbocycles. The molecule has 0 saturated carbocycles. The Balaban J connectivity index is 2.09. The van der Waals surface area contributed by atoms with E-state index in [4.69, 9.17) is 0 Å². The number of aromatic nitrogens is 5. The van der Waals surface area contributed by atoms with Crippen molar-refractivity contribution >= 4 is 15.9 Å². The van der Waals surface area contributed by atoms with Gasteiger partial charge < -0.3 is 5.32 Å². The zero-order valence-corrected chi connectivity index (χ0v) is 14.5. The molecule has 0 saturated heterocycles. The second-order valence-electron chi connectivity index (χ2n) is 4.96. The predicted octanol–water partition coefficient (Wildman–Crippen LogP) is 2.37. The third kappa shape index (κ3) is 3.91. The Kier molecular flexibility index (Phi) is 5.93. The molecule has 0 bridgehead atoms. The van der Waals surface area contributed by atoms with Crippen molar-refractivity contribution in [3.63, 3.8) is 0 Å². The lowest BCUT2D eigenvalue weighted by molar-refractivity contribution is 0.562. The van der Waals surface area contributed by atoms with Crippen LogP contribution in [0, 0.1) is 0 Å². The molecule has 0 fully saturated rings. The summed E-state index contributed by atoms with van der Waals surface area (Å²) < 4.78 is 4.99. The maximum Gasteiger partial charge on any atom is 0.0964 e. The van der Waals surface area contributed by atoms with E-state index in [1.165, 1.54) is 0 Å². The molecule has 0 aliphatic rings. The lowest BCUT2D eigenvalue weighted by atomic mass is 10.3. The summed E-state index contributed by atoms with van der Waals surface area (Å²) in [6.45, 7) is 9.67. The normalized spacial score (nSPS) is 11.2. The minimum Gasteiger partial charge on any atom is -0.311 e. The first-order chi connectivity index (χ1) is 10.2. The van der Waals surface area contributed by atoms with Crippen molar-refractivity contribution < 1.29 is 0 Å². The van der Waals surface area contributed by atoms with Crippen LogP contribution in [0.2, 0.25) is 0 Å². The third-order valence-corrected chi connectivity index (χ3v) is 4.24. The van der Waals surface area contributed by atoms with Crippen molar-refractivity contribution in [1.29, 1.82) is 0 Å². The van der Waals surface area contributed by atoms with Gasteiger partial charge in [-0.2, -0.15) is 5.10 Å². The molecule has 0 unspecified atom stereocenters. The van der Waals surface area contributed by atoms with E-state index in [1.807, 2.05) is 15.6 Å². The van der Waals surface area contributed by atoms with Gasteiger partial charge in [-0.3, -0.25) is 4.68 Å². The number of hydrogen-bond donors (Lipinski definition) is 1. The van der Waals surface area contributed by atoms with Crippen molar-refractivity contribution in [2.24, 2.45) is 0 Å². The lowest BCUT2D eigenvalue weighted by Gasteiger charge is -2.04. The molecule has 0 amide bonds.